The fourth-order valence-electron chi connectivity index (χ4n) is 5.84. The molecule has 7 nitrogen and oxygen atoms in total. The van der Waals surface area contributed by atoms with E-state index >= 15 is 0 Å². The van der Waals surface area contributed by atoms with Crippen LogP contribution in [0.5, 0.6) is 5.75 Å². The minimum Gasteiger partial charge on any atom is -0.493 e. The summed E-state index contributed by atoms with van der Waals surface area (Å²) in [7, 11) is 0. The summed E-state index contributed by atoms with van der Waals surface area (Å²) in [5.74, 6) is 2.57. The number of aromatic nitrogens is 2. The van der Waals surface area contributed by atoms with Crippen molar-refractivity contribution in [2.75, 3.05) is 37.7 Å². The first-order valence-electron chi connectivity index (χ1n) is 14.0. The normalized spacial score (nSPS) is 22.7. The van der Waals surface area contributed by atoms with E-state index in [4.69, 9.17) is 4.74 Å². The number of piperidine rings is 1. The van der Waals surface area contributed by atoms with E-state index in [0.29, 0.717) is 5.92 Å². The summed E-state index contributed by atoms with van der Waals surface area (Å²) in [6, 6.07) is 8.45. The zero-order chi connectivity index (χ0) is 25.6. The number of hydrogen-bond acceptors (Lipinski definition) is 6. The molecule has 2 atom stereocenters. The third-order valence-corrected chi connectivity index (χ3v) is 8.34. The number of carbonyl (C=O) groups is 1. The van der Waals surface area contributed by atoms with Gasteiger partial charge in [0.05, 0.1) is 19.3 Å². The zero-order valence-electron chi connectivity index (χ0n) is 22.0. The maximum absolute atomic E-state index is 12.9. The first-order valence-corrected chi connectivity index (χ1v) is 14.0. The Kier molecular flexibility index (Phi) is 8.39. The van der Waals surface area contributed by atoms with Crippen LogP contribution in [0.15, 0.2) is 42.7 Å². The zero-order valence-corrected chi connectivity index (χ0v) is 22.0. The molecule has 1 aromatic carbocycles. The SMILES string of the molecule is CCc1cnc(N2CCC(COc3ccc(C4=CCC(C(=O)N5CCCC5CO)CC4)cc3)CC2)nc1. The van der Waals surface area contributed by atoms with Crippen molar-refractivity contribution in [3.8, 4) is 5.75 Å². The largest absolute Gasteiger partial charge is 0.493 e. The lowest BCUT2D eigenvalue weighted by molar-refractivity contribution is -0.137. The van der Waals surface area contributed by atoms with Gasteiger partial charge in [-0.1, -0.05) is 25.1 Å². The number of hydrogen-bond donors (Lipinski definition) is 1. The molecule has 1 amide bonds. The molecule has 0 radical (unpaired) electrons. The van der Waals surface area contributed by atoms with Gasteiger partial charge in [0, 0.05) is 37.9 Å². The van der Waals surface area contributed by atoms with Crippen molar-refractivity contribution >= 4 is 17.4 Å². The molecule has 2 aliphatic heterocycles. The molecule has 2 unspecified atom stereocenters. The molecule has 2 saturated heterocycles. The van der Waals surface area contributed by atoms with Gasteiger partial charge in [-0.3, -0.25) is 4.79 Å². The number of anilines is 1. The van der Waals surface area contributed by atoms with Crippen LogP contribution in [0.4, 0.5) is 5.95 Å². The molecule has 3 aliphatic rings. The molecule has 2 aromatic rings. The van der Waals surface area contributed by atoms with E-state index in [-0.39, 0.29) is 24.5 Å². The second-order valence-electron chi connectivity index (χ2n) is 10.7. The van der Waals surface area contributed by atoms with Gasteiger partial charge >= 0.3 is 0 Å². The van der Waals surface area contributed by atoms with Gasteiger partial charge in [-0.05, 0) is 86.1 Å². The third kappa shape index (κ3) is 6.15. The fraction of sp³-hybridized carbons (Fsp3) is 0.567. The predicted molar refractivity (Wildman–Crippen MR) is 145 cm³/mol. The number of ether oxygens (including phenoxy) is 1. The fourth-order valence-corrected chi connectivity index (χ4v) is 5.84. The van der Waals surface area contributed by atoms with Gasteiger partial charge in [-0.25, -0.2) is 9.97 Å². The Morgan fingerprint density at radius 3 is 2.46 bits per heavy atom. The lowest BCUT2D eigenvalue weighted by Gasteiger charge is -2.31. The summed E-state index contributed by atoms with van der Waals surface area (Å²) in [6.07, 6.45) is 13.7. The van der Waals surface area contributed by atoms with Crippen molar-refractivity contribution in [2.45, 2.75) is 64.3 Å². The Morgan fingerprint density at radius 2 is 1.81 bits per heavy atom. The van der Waals surface area contributed by atoms with Gasteiger partial charge in [0.2, 0.25) is 11.9 Å². The molecule has 1 aromatic heterocycles. The number of aryl methyl sites for hydroxylation is 1. The molecule has 1 aliphatic carbocycles. The topological polar surface area (TPSA) is 78.8 Å². The predicted octanol–water partition coefficient (Wildman–Crippen LogP) is 4.50. The summed E-state index contributed by atoms with van der Waals surface area (Å²) in [4.78, 5) is 26.2. The van der Waals surface area contributed by atoms with Crippen molar-refractivity contribution < 1.29 is 14.6 Å². The van der Waals surface area contributed by atoms with Gasteiger partial charge in [-0.2, -0.15) is 0 Å². The quantitative estimate of drug-likeness (QED) is 0.570. The number of nitrogens with zero attached hydrogens (tertiary/aromatic N) is 4. The van der Waals surface area contributed by atoms with Crippen molar-refractivity contribution in [3.05, 3.63) is 53.9 Å². The van der Waals surface area contributed by atoms with Gasteiger partial charge in [0.25, 0.3) is 0 Å². The van der Waals surface area contributed by atoms with E-state index in [1.165, 1.54) is 16.7 Å². The minimum atomic E-state index is 0.0185. The molecule has 3 heterocycles. The Balaban J connectivity index is 1.07. The van der Waals surface area contributed by atoms with Gasteiger partial charge in [0.15, 0.2) is 0 Å². The Hall–Kier alpha value is -2.93. The Morgan fingerprint density at radius 1 is 1.05 bits per heavy atom. The summed E-state index contributed by atoms with van der Waals surface area (Å²) in [5, 5.41) is 9.55. The summed E-state index contributed by atoms with van der Waals surface area (Å²) in [5.41, 5.74) is 3.71. The molecular weight excluding hydrogens is 464 g/mol. The molecule has 0 spiro atoms. The van der Waals surface area contributed by atoms with Crippen molar-refractivity contribution in [3.63, 3.8) is 0 Å². The minimum absolute atomic E-state index is 0.0185. The molecule has 7 heteroatoms. The number of benzene rings is 1. The second kappa shape index (κ2) is 12.1. The highest BCUT2D eigenvalue weighted by molar-refractivity contribution is 5.81. The number of aliphatic hydroxyl groups is 1. The third-order valence-electron chi connectivity index (χ3n) is 8.34. The number of likely N-dealkylation sites (tertiary alicyclic amines) is 1. The van der Waals surface area contributed by atoms with Crippen LogP contribution in [-0.4, -0.2) is 64.8 Å². The van der Waals surface area contributed by atoms with Crippen LogP contribution < -0.4 is 9.64 Å². The van der Waals surface area contributed by atoms with Crippen molar-refractivity contribution in [1.82, 2.24) is 14.9 Å². The number of amides is 1. The van der Waals surface area contributed by atoms with Gasteiger partial charge in [0.1, 0.15) is 5.75 Å². The second-order valence-corrected chi connectivity index (χ2v) is 10.7. The van der Waals surface area contributed by atoms with E-state index in [9.17, 15) is 9.90 Å². The molecule has 1 N–H and O–H groups in total. The van der Waals surface area contributed by atoms with Crippen LogP contribution in [0.2, 0.25) is 0 Å². The highest BCUT2D eigenvalue weighted by atomic mass is 16.5. The highest BCUT2D eigenvalue weighted by Gasteiger charge is 2.33. The number of rotatable bonds is 8. The molecule has 198 valence electrons. The van der Waals surface area contributed by atoms with E-state index in [0.717, 1.165) is 89.3 Å². The van der Waals surface area contributed by atoms with Gasteiger partial charge in [-0.15, -0.1) is 0 Å². The van der Waals surface area contributed by atoms with E-state index in [1.54, 1.807) is 0 Å². The monoisotopic (exact) mass is 504 g/mol. The average molecular weight is 505 g/mol. The van der Waals surface area contributed by atoms with E-state index in [2.05, 4.69) is 52.1 Å². The van der Waals surface area contributed by atoms with Crippen molar-refractivity contribution in [1.29, 1.82) is 0 Å². The number of carbonyl (C=O) groups excluding carboxylic acids is 1. The lowest BCUT2D eigenvalue weighted by Crippen LogP contribution is -2.41. The molecular formula is C30H40N4O3. The summed E-state index contributed by atoms with van der Waals surface area (Å²) < 4.78 is 6.15. The Labute approximate surface area is 220 Å². The number of aliphatic hydroxyl groups excluding tert-OH is 1. The molecule has 0 saturated carbocycles. The standard InChI is InChI=1S/C30H40N4O3/c1-2-22-18-31-30(32-19-22)33-16-13-23(14-17-33)21-37-28-11-9-25(10-12-28)24-5-7-26(8-6-24)29(36)34-15-3-4-27(34)20-35/h5,9-12,18-19,23,26-27,35H,2-4,6-8,13-17,20-21H2,1H3. The van der Waals surface area contributed by atoms with Crippen LogP contribution in [-0.2, 0) is 11.2 Å². The van der Waals surface area contributed by atoms with Crippen LogP contribution in [0.3, 0.4) is 0 Å². The maximum atomic E-state index is 12.9. The van der Waals surface area contributed by atoms with Crippen LogP contribution in [0, 0.1) is 11.8 Å². The molecule has 37 heavy (non-hydrogen) atoms. The summed E-state index contributed by atoms with van der Waals surface area (Å²) in [6.45, 7) is 5.66. The van der Waals surface area contributed by atoms with Crippen molar-refractivity contribution in [2.24, 2.45) is 11.8 Å². The molecule has 0 bridgehead atoms. The maximum Gasteiger partial charge on any atom is 0.226 e. The number of allylic oxidation sites excluding steroid dienone is 2. The highest BCUT2D eigenvalue weighted by Crippen LogP contribution is 2.33. The van der Waals surface area contributed by atoms with E-state index < -0.39 is 0 Å². The average Bonchev–Trinajstić information content (AvgIpc) is 3.45. The lowest BCUT2D eigenvalue weighted by atomic mass is 9.85. The molecule has 2 fully saturated rings. The first-order chi connectivity index (χ1) is 18.1. The smallest absolute Gasteiger partial charge is 0.226 e. The van der Waals surface area contributed by atoms with Gasteiger partial charge < -0.3 is 19.6 Å². The van der Waals surface area contributed by atoms with E-state index in [1.807, 2.05) is 17.3 Å². The van der Waals surface area contributed by atoms with Crippen LogP contribution in [0.25, 0.3) is 5.57 Å². The van der Waals surface area contributed by atoms with Crippen LogP contribution >= 0.6 is 0 Å². The summed E-state index contributed by atoms with van der Waals surface area (Å²) >= 11 is 0. The molecule has 5 rings (SSSR count). The van der Waals surface area contributed by atoms with Crippen LogP contribution in [0.1, 0.15) is 63.0 Å². The Bertz CT molecular complexity index is 1060. The first kappa shape index (κ1) is 25.7.